The molecule has 4 heteroatoms. The summed E-state index contributed by atoms with van der Waals surface area (Å²) in [5.74, 6) is 0.824. The molecule has 0 saturated carbocycles. The highest BCUT2D eigenvalue weighted by molar-refractivity contribution is 5.78. The number of rotatable bonds is 6. The van der Waals surface area contributed by atoms with E-state index < -0.39 is 0 Å². The van der Waals surface area contributed by atoms with Gasteiger partial charge in [-0.15, -0.1) is 0 Å². The Morgan fingerprint density at radius 2 is 2.00 bits per heavy atom. The maximum atomic E-state index is 11.7. The monoisotopic (exact) mass is 264 g/mol. The second-order valence-electron chi connectivity index (χ2n) is 5.07. The molecule has 19 heavy (non-hydrogen) atoms. The minimum atomic E-state index is -0.00396. The topological polar surface area (TPSA) is 50.4 Å². The summed E-state index contributed by atoms with van der Waals surface area (Å²) in [6.45, 7) is 8.92. The van der Waals surface area contributed by atoms with Gasteiger partial charge in [0, 0.05) is 18.2 Å². The van der Waals surface area contributed by atoms with Crippen LogP contribution in [-0.4, -0.2) is 25.6 Å². The number of ether oxygens (including phenoxy) is 1. The molecule has 0 atom stereocenters. The van der Waals surface area contributed by atoms with Crippen molar-refractivity contribution >= 4 is 5.91 Å². The summed E-state index contributed by atoms with van der Waals surface area (Å²) in [6, 6.07) is 4.39. The minimum Gasteiger partial charge on any atom is -0.496 e. The smallest absolute Gasteiger partial charge is 0.234 e. The molecule has 1 rings (SSSR count). The lowest BCUT2D eigenvalue weighted by Crippen LogP contribution is -2.36. The van der Waals surface area contributed by atoms with Crippen molar-refractivity contribution in [3.63, 3.8) is 0 Å². The Balaban J connectivity index is 2.65. The lowest BCUT2D eigenvalue weighted by atomic mass is 10.0. The Morgan fingerprint density at radius 1 is 1.32 bits per heavy atom. The number of nitrogens with one attached hydrogen (secondary N) is 2. The molecule has 0 fully saturated rings. The van der Waals surface area contributed by atoms with E-state index in [-0.39, 0.29) is 5.91 Å². The summed E-state index contributed by atoms with van der Waals surface area (Å²) in [5, 5.41) is 6.00. The van der Waals surface area contributed by atoms with E-state index in [0.717, 1.165) is 22.4 Å². The molecule has 0 spiro atoms. The first-order valence-electron chi connectivity index (χ1n) is 6.58. The van der Waals surface area contributed by atoms with Crippen molar-refractivity contribution in [3.05, 3.63) is 28.8 Å². The van der Waals surface area contributed by atoms with E-state index in [0.29, 0.717) is 19.1 Å². The normalized spacial score (nSPS) is 10.6. The zero-order valence-corrected chi connectivity index (χ0v) is 12.5. The zero-order valence-electron chi connectivity index (χ0n) is 12.5. The van der Waals surface area contributed by atoms with Gasteiger partial charge in [-0.25, -0.2) is 0 Å². The van der Waals surface area contributed by atoms with Gasteiger partial charge in [0.2, 0.25) is 5.91 Å². The summed E-state index contributed by atoms with van der Waals surface area (Å²) in [7, 11) is 1.65. The van der Waals surface area contributed by atoms with Gasteiger partial charge >= 0.3 is 0 Å². The van der Waals surface area contributed by atoms with Crippen LogP contribution in [0.3, 0.4) is 0 Å². The number of hydrogen-bond donors (Lipinski definition) is 2. The predicted molar refractivity (Wildman–Crippen MR) is 77.5 cm³/mol. The Labute approximate surface area is 115 Å². The summed E-state index contributed by atoms with van der Waals surface area (Å²) >= 11 is 0. The number of carbonyl (C=O) groups excluding carboxylic acids is 1. The number of methoxy groups -OCH3 is 1. The van der Waals surface area contributed by atoms with Crippen molar-refractivity contribution in [2.75, 3.05) is 13.7 Å². The van der Waals surface area contributed by atoms with E-state index >= 15 is 0 Å². The van der Waals surface area contributed by atoms with Crippen molar-refractivity contribution in [2.45, 2.75) is 40.3 Å². The third kappa shape index (κ3) is 4.91. The maximum Gasteiger partial charge on any atom is 0.234 e. The predicted octanol–water partition coefficient (Wildman–Crippen LogP) is 1.93. The van der Waals surface area contributed by atoms with Crippen LogP contribution in [0.1, 0.15) is 30.5 Å². The number of benzene rings is 1. The SMILES string of the molecule is COc1cc(C)cc(C)c1CNC(=O)CNC(C)C. The lowest BCUT2D eigenvalue weighted by Gasteiger charge is -2.14. The fourth-order valence-electron chi connectivity index (χ4n) is 1.91. The molecule has 0 radical (unpaired) electrons. The highest BCUT2D eigenvalue weighted by Crippen LogP contribution is 2.23. The Kier molecular flexibility index (Phi) is 5.83. The largest absolute Gasteiger partial charge is 0.496 e. The molecule has 2 N–H and O–H groups in total. The van der Waals surface area contributed by atoms with Gasteiger partial charge in [0.25, 0.3) is 0 Å². The van der Waals surface area contributed by atoms with Crippen molar-refractivity contribution in [1.29, 1.82) is 0 Å². The minimum absolute atomic E-state index is 0.00396. The van der Waals surface area contributed by atoms with E-state index in [1.54, 1.807) is 7.11 Å². The van der Waals surface area contributed by atoms with Crippen LogP contribution in [0.5, 0.6) is 5.75 Å². The van der Waals surface area contributed by atoms with E-state index in [9.17, 15) is 4.79 Å². The molecule has 1 aromatic rings. The number of carbonyl (C=O) groups is 1. The maximum absolute atomic E-state index is 11.7. The molecule has 0 bridgehead atoms. The first kappa shape index (κ1) is 15.5. The van der Waals surface area contributed by atoms with Gasteiger partial charge in [0.15, 0.2) is 0 Å². The van der Waals surface area contributed by atoms with E-state index in [1.807, 2.05) is 33.8 Å². The molecule has 0 unspecified atom stereocenters. The van der Waals surface area contributed by atoms with Crippen LogP contribution in [-0.2, 0) is 11.3 Å². The standard InChI is InChI=1S/C15H24N2O2/c1-10(2)16-9-15(18)17-8-13-12(4)6-11(3)7-14(13)19-5/h6-7,10,16H,8-9H2,1-5H3,(H,17,18). The molecule has 0 heterocycles. The van der Waals surface area contributed by atoms with E-state index in [1.165, 1.54) is 0 Å². The van der Waals surface area contributed by atoms with Crippen LogP contribution in [0.2, 0.25) is 0 Å². The summed E-state index contributed by atoms with van der Waals surface area (Å²) in [4.78, 5) is 11.7. The molecular formula is C15H24N2O2. The van der Waals surface area contributed by atoms with Gasteiger partial charge in [0.1, 0.15) is 5.75 Å². The number of hydrogen-bond acceptors (Lipinski definition) is 3. The number of aryl methyl sites for hydroxylation is 2. The first-order chi connectivity index (χ1) is 8.93. The summed E-state index contributed by atoms with van der Waals surface area (Å²) in [6.07, 6.45) is 0. The molecular weight excluding hydrogens is 240 g/mol. The van der Waals surface area contributed by atoms with Gasteiger partial charge in [-0.3, -0.25) is 4.79 Å². The van der Waals surface area contributed by atoms with E-state index in [4.69, 9.17) is 4.74 Å². The summed E-state index contributed by atoms with van der Waals surface area (Å²) in [5.41, 5.74) is 3.32. The second kappa shape index (κ2) is 7.14. The molecule has 0 saturated heterocycles. The molecule has 0 aromatic heterocycles. The number of amides is 1. The third-order valence-electron chi connectivity index (χ3n) is 2.93. The first-order valence-corrected chi connectivity index (χ1v) is 6.58. The van der Waals surface area contributed by atoms with Gasteiger partial charge in [-0.2, -0.15) is 0 Å². The third-order valence-corrected chi connectivity index (χ3v) is 2.93. The van der Waals surface area contributed by atoms with Gasteiger partial charge in [-0.1, -0.05) is 19.9 Å². The lowest BCUT2D eigenvalue weighted by molar-refractivity contribution is -0.120. The summed E-state index contributed by atoms with van der Waals surface area (Å²) < 4.78 is 5.37. The van der Waals surface area contributed by atoms with Crippen LogP contribution in [0.15, 0.2) is 12.1 Å². The Bertz CT molecular complexity index is 442. The Hall–Kier alpha value is -1.55. The van der Waals surface area contributed by atoms with Gasteiger partial charge in [0.05, 0.1) is 13.7 Å². The molecule has 106 valence electrons. The van der Waals surface area contributed by atoms with Crippen molar-refractivity contribution in [1.82, 2.24) is 10.6 Å². The quantitative estimate of drug-likeness (QED) is 0.825. The van der Waals surface area contributed by atoms with Crippen molar-refractivity contribution in [3.8, 4) is 5.75 Å². The fraction of sp³-hybridized carbons (Fsp3) is 0.533. The van der Waals surface area contributed by atoms with Crippen LogP contribution >= 0.6 is 0 Å². The average molecular weight is 264 g/mol. The van der Waals surface area contributed by atoms with Gasteiger partial charge in [-0.05, 0) is 31.0 Å². The van der Waals surface area contributed by atoms with Crippen molar-refractivity contribution < 1.29 is 9.53 Å². The van der Waals surface area contributed by atoms with Crippen LogP contribution in [0.25, 0.3) is 0 Å². The molecule has 4 nitrogen and oxygen atoms in total. The van der Waals surface area contributed by atoms with E-state index in [2.05, 4.69) is 16.7 Å². The molecule has 1 amide bonds. The van der Waals surface area contributed by atoms with Crippen LogP contribution in [0.4, 0.5) is 0 Å². The van der Waals surface area contributed by atoms with Crippen LogP contribution < -0.4 is 15.4 Å². The highest BCUT2D eigenvalue weighted by atomic mass is 16.5. The molecule has 0 aliphatic carbocycles. The van der Waals surface area contributed by atoms with Crippen LogP contribution in [0, 0.1) is 13.8 Å². The average Bonchev–Trinajstić information content (AvgIpc) is 2.34. The molecule has 0 aliphatic heterocycles. The van der Waals surface area contributed by atoms with Crippen molar-refractivity contribution in [2.24, 2.45) is 0 Å². The molecule has 0 aliphatic rings. The zero-order chi connectivity index (χ0) is 14.4. The van der Waals surface area contributed by atoms with Gasteiger partial charge < -0.3 is 15.4 Å². The Morgan fingerprint density at radius 3 is 2.58 bits per heavy atom. The highest BCUT2D eigenvalue weighted by Gasteiger charge is 2.09. The second-order valence-corrected chi connectivity index (χ2v) is 5.07. The fourth-order valence-corrected chi connectivity index (χ4v) is 1.91. The molecule has 1 aromatic carbocycles.